The van der Waals surface area contributed by atoms with E-state index in [0.717, 1.165) is 46.1 Å². The van der Waals surface area contributed by atoms with Gasteiger partial charge in [-0.25, -0.2) is 8.42 Å². The summed E-state index contributed by atoms with van der Waals surface area (Å²) < 4.78 is 92.6. The molecule has 0 radical (unpaired) electrons. The zero-order valence-electron chi connectivity index (χ0n) is 38.2. The number of amides is 2. The molecule has 4 aliphatic carbocycles. The monoisotopic (exact) mass is 1010 g/mol. The predicted molar refractivity (Wildman–Crippen MR) is 256 cm³/mol. The molecule has 22 heteroatoms. The molecule has 2 fully saturated rings. The summed E-state index contributed by atoms with van der Waals surface area (Å²) in [5.41, 5.74) is -0.487. The molecule has 4 N–H and O–H groups in total. The largest absolute Gasteiger partial charge is 0.511 e. The smallest absolute Gasteiger partial charge is 0.287 e. The van der Waals surface area contributed by atoms with Gasteiger partial charge in [0.15, 0.2) is 11.7 Å². The molecule has 2 aromatic rings. The number of fused-ring (bicyclic) bond motifs is 12. The molecule has 8 aliphatic rings. The third kappa shape index (κ3) is 7.80. The van der Waals surface area contributed by atoms with Crippen LogP contribution in [0.25, 0.3) is 0 Å². The molecule has 4 aliphatic heterocycles. The van der Waals surface area contributed by atoms with Crippen molar-refractivity contribution >= 4 is 86.2 Å². The average molecular weight is 1010 g/mol. The van der Waals surface area contributed by atoms with Crippen molar-refractivity contribution in [2.75, 3.05) is 30.0 Å². The van der Waals surface area contributed by atoms with Gasteiger partial charge in [0.2, 0.25) is 10.0 Å². The number of carbonyl (C=O) groups excluding carboxylic acids is 2. The minimum Gasteiger partial charge on any atom is -0.511 e. The van der Waals surface area contributed by atoms with Crippen LogP contribution in [0.3, 0.4) is 0 Å². The summed E-state index contributed by atoms with van der Waals surface area (Å²) in [7, 11) is -13.3. The Morgan fingerprint density at radius 2 is 1.06 bits per heavy atom. The van der Waals surface area contributed by atoms with E-state index in [9.17, 15) is 45.1 Å². The van der Waals surface area contributed by atoms with E-state index in [2.05, 4.69) is 73.1 Å². The Labute approximate surface area is 399 Å². The van der Waals surface area contributed by atoms with Crippen molar-refractivity contribution in [2.24, 2.45) is 55.1 Å². The molecule has 0 saturated heterocycles. The summed E-state index contributed by atoms with van der Waals surface area (Å²) >= 11 is 1.94. The van der Waals surface area contributed by atoms with E-state index < -0.39 is 66.8 Å². The molecule has 4 bridgehead atoms. The van der Waals surface area contributed by atoms with Gasteiger partial charge in [0, 0.05) is 61.2 Å². The number of allylic oxidation sites excluding steroid dienone is 2. The molecule has 8 atom stereocenters. The van der Waals surface area contributed by atoms with Crippen LogP contribution in [0.2, 0.25) is 0 Å². The first kappa shape index (κ1) is 46.4. The van der Waals surface area contributed by atoms with Crippen LogP contribution in [-0.2, 0) is 52.7 Å². The first-order chi connectivity index (χ1) is 31.2. The van der Waals surface area contributed by atoms with E-state index in [4.69, 9.17) is 0 Å². The molecule has 0 spiro atoms. The predicted octanol–water partition coefficient (Wildman–Crippen LogP) is 6.36. The Kier molecular flexibility index (Phi) is 10.8. The van der Waals surface area contributed by atoms with Gasteiger partial charge in [-0.15, -0.1) is 31.5 Å². The van der Waals surface area contributed by atoms with Crippen molar-refractivity contribution in [3.63, 3.8) is 0 Å². The highest BCUT2D eigenvalue weighted by atomic mass is 32.2. The number of nitrogens with one attached hydrogen (secondary N) is 2. The van der Waals surface area contributed by atoms with Crippen molar-refractivity contribution in [2.45, 2.75) is 102 Å². The molecular weight excluding hydrogens is 959 g/mol. The van der Waals surface area contributed by atoms with Crippen LogP contribution in [0.1, 0.15) is 78.4 Å². The molecule has 8 unspecified atom stereocenters. The van der Waals surface area contributed by atoms with E-state index in [-0.39, 0.29) is 112 Å². The van der Waals surface area contributed by atoms with Crippen LogP contribution >= 0.6 is 22.7 Å². The Morgan fingerprint density at radius 3 is 1.42 bits per heavy atom. The third-order valence-electron chi connectivity index (χ3n) is 14.5. The lowest BCUT2D eigenvalue weighted by Crippen LogP contribution is -2.54. The summed E-state index contributed by atoms with van der Waals surface area (Å²) in [6.07, 6.45) is 12.1. The summed E-state index contributed by atoms with van der Waals surface area (Å²) in [6, 6.07) is -0.523. The highest BCUT2D eigenvalue weighted by Gasteiger charge is 2.57. The van der Waals surface area contributed by atoms with Gasteiger partial charge < -0.3 is 30.6 Å². The lowest BCUT2D eigenvalue weighted by Gasteiger charge is -2.43. The highest BCUT2D eigenvalue weighted by Crippen LogP contribution is 2.54. The van der Waals surface area contributed by atoms with Gasteiger partial charge in [0.1, 0.15) is 42.5 Å². The van der Waals surface area contributed by atoms with Gasteiger partial charge >= 0.3 is 0 Å². The maximum Gasteiger partial charge on any atom is 0.287 e. The van der Waals surface area contributed by atoms with Crippen molar-refractivity contribution in [1.29, 1.82) is 0 Å². The first-order valence-electron chi connectivity index (χ1n) is 22.5. The van der Waals surface area contributed by atoms with E-state index in [1.807, 2.05) is 12.2 Å². The quantitative estimate of drug-likeness (QED) is 0.180. The zero-order chi connectivity index (χ0) is 48.1. The Hall–Kier alpha value is -4.35. The maximum atomic E-state index is 14.3. The fourth-order valence-electron chi connectivity index (χ4n) is 11.3. The average Bonchev–Trinajstić information content (AvgIpc) is 4.07. The van der Waals surface area contributed by atoms with Gasteiger partial charge in [-0.2, -0.15) is 21.1 Å². The second kappa shape index (κ2) is 15.6. The number of amidine groups is 2. The molecule has 2 saturated carbocycles. The van der Waals surface area contributed by atoms with E-state index in [1.165, 1.54) is 10.8 Å². The third-order valence-corrected chi connectivity index (χ3v) is 20.7. The second-order valence-electron chi connectivity index (χ2n) is 21.5. The lowest BCUT2D eigenvalue weighted by molar-refractivity contribution is -0.133. The van der Waals surface area contributed by atoms with Crippen molar-refractivity contribution < 1.29 is 45.1 Å². The number of carbonyl (C=O) groups is 2. The van der Waals surface area contributed by atoms with Crippen molar-refractivity contribution in [1.82, 2.24) is 14.1 Å². The number of hydrogen-bond donors (Lipinski definition) is 4. The van der Waals surface area contributed by atoms with Gasteiger partial charge in [-0.1, -0.05) is 65.8 Å². The summed E-state index contributed by atoms with van der Waals surface area (Å²) in [5.74, 6) is -2.79. The number of anilines is 2. The molecule has 2 amide bonds. The molecule has 2 aromatic heterocycles. The molecule has 10 rings (SSSR count). The number of sulfonamides is 3. The maximum absolute atomic E-state index is 14.3. The Bertz CT molecular complexity index is 2870. The summed E-state index contributed by atoms with van der Waals surface area (Å²) in [5, 5.41) is 32.6. The Morgan fingerprint density at radius 1 is 0.687 bits per heavy atom. The standard InChI is InChI=1S/C45H55N7O10S5/c1-44(2,3)12-14-51-32-24-10-8-22(16-24)28(32)34(53)30(42(51)55)38-46-40-36(66(59,60)48-38)26(20-63-40)18-50(65(7,57)58)19-27-21-64-41-37(27)67(61,62)49-39(47-41)31-35(54)29-23-9-11-25(17-23)33(29)52(43(31)56)15-13-45(4,5)6/h8-11,20-25,28-29,32-33,53-54H,12-19H2,1-7H3,(H,46,48)(H,47,49). The number of nitrogens with zero attached hydrogens (tertiary/aromatic N) is 5. The van der Waals surface area contributed by atoms with Crippen LogP contribution in [0.5, 0.6) is 0 Å². The van der Waals surface area contributed by atoms with Crippen LogP contribution in [0, 0.1) is 46.3 Å². The molecule has 67 heavy (non-hydrogen) atoms. The number of hydrogen-bond acceptors (Lipinski definition) is 14. The minimum atomic E-state index is -4.59. The number of aliphatic hydroxyl groups excluding tert-OH is 2. The van der Waals surface area contributed by atoms with Crippen LogP contribution in [0.4, 0.5) is 10.0 Å². The fraction of sp³-hybridized carbons (Fsp3) is 0.556. The Balaban J connectivity index is 0.923. The normalized spacial score (nSPS) is 30.1. The lowest BCUT2D eigenvalue weighted by atomic mass is 9.80. The molecular formula is C45H55N7O10S5. The van der Waals surface area contributed by atoms with Crippen molar-refractivity contribution in [3.8, 4) is 0 Å². The SMILES string of the molecule is CC(C)(C)CCN1C(=O)C(C2=NS(=O)(=O)c3c(CN(Cc4csc5c4S(=O)(=O)N=C(C4=C(O)C6C7C=CC(C7)C6N(CCC(C)(C)C)C4=O)N5)S(C)(=O)=O)csc3N2)=C(O)C2C3C=CC(C3)C21. The number of thiophene rings is 2. The van der Waals surface area contributed by atoms with Crippen LogP contribution < -0.4 is 10.6 Å². The van der Waals surface area contributed by atoms with E-state index in [1.54, 1.807) is 9.80 Å². The number of rotatable bonds is 11. The van der Waals surface area contributed by atoms with E-state index >= 15 is 0 Å². The van der Waals surface area contributed by atoms with E-state index in [0.29, 0.717) is 25.9 Å². The van der Waals surface area contributed by atoms with Gasteiger partial charge in [-0.3, -0.25) is 9.59 Å². The topological polar surface area (TPSA) is 236 Å². The van der Waals surface area contributed by atoms with Crippen molar-refractivity contribution in [3.05, 3.63) is 68.9 Å². The number of aliphatic hydroxyl groups is 2. The second-order valence-corrected chi connectivity index (χ2v) is 28.3. The molecule has 6 heterocycles. The highest BCUT2D eigenvalue weighted by molar-refractivity contribution is 7.91. The van der Waals surface area contributed by atoms with Gasteiger partial charge in [-0.05, 0) is 70.9 Å². The summed E-state index contributed by atoms with van der Waals surface area (Å²) in [4.78, 5) is 31.6. The molecule has 0 aromatic carbocycles. The first-order valence-corrected chi connectivity index (χ1v) is 29.0. The minimum absolute atomic E-state index is 0.0239. The summed E-state index contributed by atoms with van der Waals surface area (Å²) in [6.45, 7) is 12.3. The van der Waals surface area contributed by atoms with Gasteiger partial charge in [0.25, 0.3) is 31.9 Å². The van der Waals surface area contributed by atoms with Gasteiger partial charge in [0.05, 0.1) is 6.26 Å². The van der Waals surface area contributed by atoms with Crippen LogP contribution in [-0.4, -0.2) is 104 Å². The molecule has 17 nitrogen and oxygen atoms in total. The fourth-order valence-corrected chi connectivity index (χ4v) is 17.3. The van der Waals surface area contributed by atoms with Crippen LogP contribution in [0.15, 0.2) is 76.3 Å². The zero-order valence-corrected chi connectivity index (χ0v) is 42.3. The molecule has 360 valence electrons.